The van der Waals surface area contributed by atoms with Gasteiger partial charge in [0.2, 0.25) is 0 Å². The van der Waals surface area contributed by atoms with E-state index in [0.717, 1.165) is 5.39 Å². The molecule has 1 aromatic carbocycles. The molecule has 1 aromatic heterocycles. The minimum Gasteiger partial charge on any atom is -0.548 e. The van der Waals surface area contributed by atoms with E-state index in [-0.39, 0.29) is 6.61 Å². The number of aliphatic carboxylic acids is 1. The maximum absolute atomic E-state index is 11.4. The first-order valence-corrected chi connectivity index (χ1v) is 6.12. The van der Waals surface area contributed by atoms with Crippen LogP contribution in [0.4, 0.5) is 0 Å². The Bertz CT molecular complexity index is 736. The van der Waals surface area contributed by atoms with Crippen molar-refractivity contribution in [1.29, 1.82) is 0 Å². The van der Waals surface area contributed by atoms with E-state index in [4.69, 9.17) is 9.15 Å². The summed E-state index contributed by atoms with van der Waals surface area (Å²) in [7, 11) is 0. The van der Waals surface area contributed by atoms with Crippen molar-refractivity contribution in [2.45, 2.75) is 13.0 Å². The minimum atomic E-state index is -1.38. The number of hydrogen-bond acceptors (Lipinski definition) is 6. The van der Waals surface area contributed by atoms with Crippen molar-refractivity contribution in [3.8, 4) is 5.75 Å². The van der Waals surface area contributed by atoms with Gasteiger partial charge in [0.05, 0.1) is 12.0 Å². The first kappa shape index (κ1) is 14.6. The highest BCUT2D eigenvalue weighted by atomic mass is 16.5. The number of nitrogens with one attached hydrogen (secondary N) is 1. The fourth-order valence-corrected chi connectivity index (χ4v) is 1.62. The summed E-state index contributed by atoms with van der Waals surface area (Å²) in [6, 6.07) is 6.58. The monoisotopic (exact) mass is 290 g/mol. The van der Waals surface area contributed by atoms with E-state index >= 15 is 0 Å². The molecule has 1 heterocycles. The van der Waals surface area contributed by atoms with Gasteiger partial charge in [0.25, 0.3) is 5.91 Å². The SMILES string of the molecule is C[C@H](NC(=O)COc1ccc2ccc(=O)oc2c1)C(=O)[O-]. The lowest BCUT2D eigenvalue weighted by molar-refractivity contribution is -0.307. The van der Waals surface area contributed by atoms with Gasteiger partial charge in [-0.15, -0.1) is 0 Å². The number of fused-ring (bicyclic) bond motifs is 1. The zero-order chi connectivity index (χ0) is 15.4. The lowest BCUT2D eigenvalue weighted by Crippen LogP contribution is -2.47. The Morgan fingerprint density at radius 3 is 2.76 bits per heavy atom. The molecule has 7 heteroatoms. The fraction of sp³-hybridized carbons (Fsp3) is 0.214. The van der Waals surface area contributed by atoms with Gasteiger partial charge in [-0.05, 0) is 25.1 Å². The second-order valence-electron chi connectivity index (χ2n) is 4.35. The zero-order valence-corrected chi connectivity index (χ0v) is 11.1. The van der Waals surface area contributed by atoms with Crippen LogP contribution in [-0.2, 0) is 9.59 Å². The predicted octanol–water partition coefficient (Wildman–Crippen LogP) is -0.574. The largest absolute Gasteiger partial charge is 0.548 e. The number of amides is 1. The van der Waals surface area contributed by atoms with Crippen LogP contribution in [0.15, 0.2) is 39.5 Å². The molecule has 2 aromatic rings. The molecule has 0 unspecified atom stereocenters. The Hall–Kier alpha value is -2.83. The second-order valence-corrected chi connectivity index (χ2v) is 4.35. The lowest BCUT2D eigenvalue weighted by Gasteiger charge is -2.14. The highest BCUT2D eigenvalue weighted by Crippen LogP contribution is 2.19. The number of benzene rings is 1. The smallest absolute Gasteiger partial charge is 0.336 e. The van der Waals surface area contributed by atoms with Crippen molar-refractivity contribution in [3.63, 3.8) is 0 Å². The van der Waals surface area contributed by atoms with Crippen LogP contribution in [0.2, 0.25) is 0 Å². The van der Waals surface area contributed by atoms with E-state index in [1.807, 2.05) is 0 Å². The molecule has 0 spiro atoms. The molecule has 21 heavy (non-hydrogen) atoms. The highest BCUT2D eigenvalue weighted by molar-refractivity contribution is 5.83. The Balaban J connectivity index is 2.02. The first-order valence-electron chi connectivity index (χ1n) is 6.12. The Morgan fingerprint density at radius 1 is 1.33 bits per heavy atom. The lowest BCUT2D eigenvalue weighted by atomic mass is 10.2. The molecule has 1 amide bonds. The molecule has 1 atom stereocenters. The zero-order valence-electron chi connectivity index (χ0n) is 11.1. The van der Waals surface area contributed by atoms with Crippen molar-refractivity contribution < 1.29 is 23.8 Å². The quantitative estimate of drug-likeness (QED) is 0.738. The van der Waals surface area contributed by atoms with Crippen molar-refractivity contribution >= 4 is 22.8 Å². The summed E-state index contributed by atoms with van der Waals surface area (Å²) in [4.78, 5) is 33.0. The average Bonchev–Trinajstić information content (AvgIpc) is 2.44. The van der Waals surface area contributed by atoms with E-state index in [9.17, 15) is 19.5 Å². The van der Waals surface area contributed by atoms with Crippen LogP contribution in [-0.4, -0.2) is 24.5 Å². The molecule has 0 bridgehead atoms. The summed E-state index contributed by atoms with van der Waals surface area (Å²) in [5, 5.41) is 13.4. The van der Waals surface area contributed by atoms with Gasteiger partial charge in [-0.25, -0.2) is 4.79 Å². The first-order chi connectivity index (χ1) is 9.95. The minimum absolute atomic E-state index is 0.327. The molecule has 0 fully saturated rings. The van der Waals surface area contributed by atoms with Crippen molar-refractivity contribution in [2.75, 3.05) is 6.61 Å². The average molecular weight is 290 g/mol. The highest BCUT2D eigenvalue weighted by Gasteiger charge is 2.09. The van der Waals surface area contributed by atoms with Crippen LogP contribution in [0.3, 0.4) is 0 Å². The van der Waals surface area contributed by atoms with E-state index in [1.54, 1.807) is 18.2 Å². The van der Waals surface area contributed by atoms with Crippen LogP contribution in [0.25, 0.3) is 11.0 Å². The Labute approximate surface area is 119 Å². The molecule has 0 saturated heterocycles. The van der Waals surface area contributed by atoms with Gasteiger partial charge in [0.15, 0.2) is 6.61 Å². The third kappa shape index (κ3) is 3.82. The van der Waals surface area contributed by atoms with Crippen LogP contribution in [0, 0.1) is 0 Å². The summed E-state index contributed by atoms with van der Waals surface area (Å²) in [5.41, 5.74) is -0.149. The standard InChI is InChI=1S/C14H13NO6/c1-8(14(18)19)15-12(16)7-20-10-4-2-9-3-5-13(17)21-11(9)6-10/h2-6,8H,7H2,1H3,(H,15,16)(H,18,19)/p-1/t8-/m0/s1. The van der Waals surface area contributed by atoms with Gasteiger partial charge in [0.1, 0.15) is 11.3 Å². The molecule has 0 radical (unpaired) electrons. The third-order valence-corrected chi connectivity index (χ3v) is 2.70. The Kier molecular flexibility index (Phi) is 4.22. The van der Waals surface area contributed by atoms with Crippen molar-refractivity contribution in [2.24, 2.45) is 0 Å². The number of ether oxygens (including phenoxy) is 1. The molecule has 0 saturated carbocycles. The molecule has 0 aliphatic heterocycles. The van der Waals surface area contributed by atoms with Crippen LogP contribution in [0.1, 0.15) is 6.92 Å². The predicted molar refractivity (Wildman–Crippen MR) is 70.6 cm³/mol. The Morgan fingerprint density at radius 2 is 2.05 bits per heavy atom. The van der Waals surface area contributed by atoms with Crippen LogP contribution >= 0.6 is 0 Å². The van der Waals surface area contributed by atoms with Gasteiger partial charge >= 0.3 is 5.63 Å². The summed E-state index contributed by atoms with van der Waals surface area (Å²) >= 11 is 0. The maximum atomic E-state index is 11.4. The summed E-state index contributed by atoms with van der Waals surface area (Å²) in [5.74, 6) is -1.65. The van der Waals surface area contributed by atoms with Gasteiger partial charge in [-0.1, -0.05) is 0 Å². The van der Waals surface area contributed by atoms with E-state index in [0.29, 0.717) is 11.3 Å². The number of rotatable bonds is 5. The molecular formula is C14H12NO6-. The third-order valence-electron chi connectivity index (χ3n) is 2.70. The van der Waals surface area contributed by atoms with E-state index < -0.39 is 23.5 Å². The summed E-state index contributed by atoms with van der Waals surface area (Å²) < 4.78 is 10.2. The second kappa shape index (κ2) is 6.08. The number of hydrogen-bond donors (Lipinski definition) is 1. The molecule has 110 valence electrons. The summed E-state index contributed by atoms with van der Waals surface area (Å²) in [6.07, 6.45) is 0. The van der Waals surface area contributed by atoms with Gasteiger partial charge in [-0.3, -0.25) is 4.79 Å². The summed E-state index contributed by atoms with van der Waals surface area (Å²) in [6.45, 7) is 0.929. The number of carboxylic acid groups (broad SMARTS) is 1. The van der Waals surface area contributed by atoms with Gasteiger partial charge in [-0.2, -0.15) is 0 Å². The molecule has 1 N–H and O–H groups in total. The molecular weight excluding hydrogens is 278 g/mol. The van der Waals surface area contributed by atoms with Crippen molar-refractivity contribution in [1.82, 2.24) is 5.32 Å². The van der Waals surface area contributed by atoms with Gasteiger partial charge in [0, 0.05) is 17.5 Å². The molecule has 2 rings (SSSR count). The fourth-order valence-electron chi connectivity index (χ4n) is 1.62. The normalized spacial score (nSPS) is 11.9. The topological polar surface area (TPSA) is 109 Å². The number of carbonyl (C=O) groups is 2. The van der Waals surface area contributed by atoms with Crippen LogP contribution < -0.4 is 20.8 Å². The molecule has 0 aliphatic rings. The number of carbonyl (C=O) groups excluding carboxylic acids is 2. The molecule has 7 nitrogen and oxygen atoms in total. The number of carboxylic acids is 1. The van der Waals surface area contributed by atoms with E-state index in [1.165, 1.54) is 19.1 Å². The maximum Gasteiger partial charge on any atom is 0.336 e. The van der Waals surface area contributed by atoms with Gasteiger partial charge < -0.3 is 24.4 Å². The molecule has 0 aliphatic carbocycles. The van der Waals surface area contributed by atoms with Crippen LogP contribution in [0.5, 0.6) is 5.75 Å². The van der Waals surface area contributed by atoms with E-state index in [2.05, 4.69) is 5.32 Å². The van der Waals surface area contributed by atoms with Crippen molar-refractivity contribution in [3.05, 3.63) is 40.8 Å².